The van der Waals surface area contributed by atoms with Gasteiger partial charge in [0, 0.05) is 6.42 Å². The number of benzene rings is 1. The lowest BCUT2D eigenvalue weighted by atomic mass is 9.50. The van der Waals surface area contributed by atoms with E-state index in [-0.39, 0.29) is 12.8 Å². The molecule has 3 fully saturated rings. The molecule has 272 valence electrons. The Balaban J connectivity index is 1.08. The highest BCUT2D eigenvalue weighted by atomic mass is 19.4. The summed E-state index contributed by atoms with van der Waals surface area (Å²) in [7, 11) is 0. The van der Waals surface area contributed by atoms with E-state index in [1.54, 1.807) is 0 Å². The Hall–Kier alpha value is -2.14. The fraction of sp³-hybridized carbons (Fsp3) is 0.806. The van der Waals surface area contributed by atoms with Crippen molar-refractivity contribution in [2.45, 2.75) is 146 Å². The van der Waals surface area contributed by atoms with Crippen molar-refractivity contribution in [1.29, 1.82) is 0 Å². The molecule has 0 amide bonds. The Morgan fingerprint density at radius 2 is 1.50 bits per heavy atom. The minimum atomic E-state index is -6.97. The number of aromatic hydroxyl groups is 1. The number of hydrogen-bond acceptors (Lipinski definition) is 2. The molecular weight excluding hydrogens is 651 g/mol. The average Bonchev–Trinajstić information content (AvgIpc) is 3.73. The smallest absolute Gasteiger partial charge is 0.460 e. The molecule has 3 saturated carbocycles. The number of unbranched alkanes of at least 4 members (excludes halogenated alkanes) is 5. The maximum Gasteiger partial charge on any atom is 0.460 e. The number of alkyl halides is 9. The highest BCUT2D eigenvalue weighted by Gasteiger charge is 2.81. The molecule has 0 aliphatic heterocycles. The number of aliphatic carboxylic acids is 1. The minimum Gasteiger partial charge on any atom is -0.508 e. The second kappa shape index (κ2) is 13.2. The summed E-state index contributed by atoms with van der Waals surface area (Å²) in [6.07, 6.45) is 3.83. The van der Waals surface area contributed by atoms with Crippen LogP contribution in [0.2, 0.25) is 0 Å². The van der Waals surface area contributed by atoms with Gasteiger partial charge in [-0.15, -0.1) is 0 Å². The molecule has 5 rings (SSSR count). The van der Waals surface area contributed by atoms with Crippen molar-refractivity contribution in [3.8, 4) is 5.75 Å². The monoisotopic (exact) mass is 698 g/mol. The number of fused-ring (bicyclic) bond motifs is 6. The van der Waals surface area contributed by atoms with Crippen molar-refractivity contribution in [2.24, 2.45) is 34.5 Å². The molecule has 1 aromatic carbocycles. The molecule has 48 heavy (non-hydrogen) atoms. The van der Waals surface area contributed by atoms with E-state index in [2.05, 4.69) is 13.0 Å². The molecular formula is C36H47F9O3. The fourth-order valence-corrected chi connectivity index (χ4v) is 10.1. The number of hydrogen-bond donors (Lipinski definition) is 2. The van der Waals surface area contributed by atoms with E-state index in [9.17, 15) is 54.5 Å². The van der Waals surface area contributed by atoms with Gasteiger partial charge < -0.3 is 10.2 Å². The van der Waals surface area contributed by atoms with E-state index in [0.717, 1.165) is 38.5 Å². The summed E-state index contributed by atoms with van der Waals surface area (Å²) in [6, 6.07) is 5.87. The number of carbonyl (C=O) groups is 1. The van der Waals surface area contributed by atoms with Crippen LogP contribution < -0.4 is 0 Å². The first kappa shape index (κ1) is 37.1. The first-order chi connectivity index (χ1) is 22.3. The summed E-state index contributed by atoms with van der Waals surface area (Å²) < 4.78 is 118. The van der Waals surface area contributed by atoms with Gasteiger partial charge in [0.25, 0.3) is 0 Å². The normalized spacial score (nSPS) is 28.9. The van der Waals surface area contributed by atoms with Crippen LogP contribution >= 0.6 is 0 Å². The minimum absolute atomic E-state index is 0.175. The van der Waals surface area contributed by atoms with Crippen LogP contribution in [0.3, 0.4) is 0 Å². The highest BCUT2D eigenvalue weighted by Crippen LogP contribution is 2.76. The van der Waals surface area contributed by atoms with Crippen molar-refractivity contribution < 1.29 is 54.5 Å². The van der Waals surface area contributed by atoms with Crippen molar-refractivity contribution in [1.82, 2.24) is 0 Å². The number of phenolic OH excluding ortho intramolecular Hbond substituents is 1. The summed E-state index contributed by atoms with van der Waals surface area (Å²) in [5, 5.41) is 19.6. The van der Waals surface area contributed by atoms with Gasteiger partial charge in [-0.1, -0.05) is 51.5 Å². The molecule has 6 atom stereocenters. The maximum atomic E-state index is 13.9. The Morgan fingerprint density at radius 3 is 2.12 bits per heavy atom. The van der Waals surface area contributed by atoms with Gasteiger partial charge in [-0.25, -0.2) is 0 Å². The van der Waals surface area contributed by atoms with Gasteiger partial charge in [0.15, 0.2) is 0 Å². The number of rotatable bonds is 15. The fourth-order valence-electron chi connectivity index (χ4n) is 10.1. The van der Waals surface area contributed by atoms with Crippen molar-refractivity contribution >= 4 is 5.97 Å². The molecule has 12 heteroatoms. The van der Waals surface area contributed by atoms with Crippen LogP contribution in [-0.2, 0) is 11.2 Å². The van der Waals surface area contributed by atoms with Gasteiger partial charge >= 0.3 is 29.9 Å². The lowest BCUT2D eigenvalue weighted by Gasteiger charge is -2.54. The summed E-state index contributed by atoms with van der Waals surface area (Å²) in [6.45, 7) is 2.54. The quantitative estimate of drug-likeness (QED) is 0.142. The number of halogens is 9. The summed E-state index contributed by atoms with van der Waals surface area (Å²) in [5.74, 6) is -19.9. The molecule has 4 aliphatic carbocycles. The second-order valence-electron chi connectivity index (χ2n) is 15.5. The van der Waals surface area contributed by atoms with E-state index >= 15 is 0 Å². The topological polar surface area (TPSA) is 57.5 Å². The van der Waals surface area contributed by atoms with Gasteiger partial charge in [0.2, 0.25) is 0 Å². The Morgan fingerprint density at radius 1 is 0.854 bits per heavy atom. The van der Waals surface area contributed by atoms with E-state index in [1.807, 2.05) is 12.1 Å². The zero-order chi connectivity index (χ0) is 35.3. The number of carboxylic acids is 1. The van der Waals surface area contributed by atoms with Crippen LogP contribution in [0.5, 0.6) is 5.75 Å². The highest BCUT2D eigenvalue weighted by molar-refractivity contribution is 5.69. The van der Waals surface area contributed by atoms with Crippen LogP contribution in [0.4, 0.5) is 39.5 Å². The maximum absolute atomic E-state index is 13.9. The molecule has 0 aromatic heterocycles. The number of carboxylic acid groups (broad SMARTS) is 1. The van der Waals surface area contributed by atoms with Crippen molar-refractivity contribution in [3.63, 3.8) is 0 Å². The zero-order valence-electron chi connectivity index (χ0n) is 27.3. The molecule has 0 heterocycles. The Kier molecular flexibility index (Phi) is 10.2. The lowest BCUT2D eigenvalue weighted by molar-refractivity contribution is -0.396. The summed E-state index contributed by atoms with van der Waals surface area (Å²) in [4.78, 5) is 11.5. The van der Waals surface area contributed by atoms with Gasteiger partial charge in [-0.2, -0.15) is 39.5 Å². The third kappa shape index (κ3) is 6.56. The van der Waals surface area contributed by atoms with Crippen LogP contribution in [0, 0.1) is 34.5 Å². The molecule has 5 unspecified atom stereocenters. The van der Waals surface area contributed by atoms with Crippen LogP contribution in [0.15, 0.2) is 18.2 Å². The summed E-state index contributed by atoms with van der Waals surface area (Å²) >= 11 is 0. The average molecular weight is 699 g/mol. The summed E-state index contributed by atoms with van der Waals surface area (Å²) in [5.41, 5.74) is 3.60. The van der Waals surface area contributed by atoms with Crippen LogP contribution in [0.1, 0.15) is 127 Å². The Bertz CT molecular complexity index is 1310. The third-order valence-electron chi connectivity index (χ3n) is 13.0. The van der Waals surface area contributed by atoms with Crippen molar-refractivity contribution in [2.75, 3.05) is 0 Å². The first-order valence-electron chi connectivity index (χ1n) is 17.5. The first-order valence-corrected chi connectivity index (χ1v) is 17.5. The van der Waals surface area contributed by atoms with Crippen LogP contribution in [0.25, 0.3) is 0 Å². The van der Waals surface area contributed by atoms with E-state index in [4.69, 9.17) is 0 Å². The van der Waals surface area contributed by atoms with E-state index in [0.29, 0.717) is 46.7 Å². The molecule has 4 aliphatic rings. The van der Waals surface area contributed by atoms with Gasteiger partial charge in [0.1, 0.15) is 5.75 Å². The molecule has 2 N–H and O–H groups in total. The zero-order valence-corrected chi connectivity index (χ0v) is 27.3. The molecule has 3 nitrogen and oxygen atoms in total. The molecule has 0 saturated heterocycles. The number of phenols is 1. The predicted molar refractivity (Wildman–Crippen MR) is 161 cm³/mol. The standard InChI is InChI=1S/C36H47F9O3/c1-31-15-13-27-26-11-10-25(46)21-24(26)20-23(29(27)28(31)14-16-32(31)18-19-32)9-7-5-3-2-4-6-8-22(30(47)48)12-17-33(37,38)34(39,40)35(41,42)36(43,44)45/h10-11,21-23,27-29,46H,2-9,12-20H2,1H3,(H,47,48)/t22?,23-,27?,28?,29?,31?/m1/s1. The SMILES string of the molecule is CC12CCC3c4ccc(O)cc4C[C@@H](CCCCCCCCC(CCC(F)(F)C(F)(F)C(F)(F)C(F)(F)F)C(=O)O)C3C1CCC21CC1. The lowest BCUT2D eigenvalue weighted by Crippen LogP contribution is -2.60. The van der Waals surface area contributed by atoms with E-state index in [1.165, 1.54) is 49.7 Å². The molecule has 0 radical (unpaired) electrons. The van der Waals surface area contributed by atoms with Crippen LogP contribution in [-0.4, -0.2) is 40.1 Å². The predicted octanol–water partition coefficient (Wildman–Crippen LogP) is 11.3. The largest absolute Gasteiger partial charge is 0.508 e. The van der Waals surface area contributed by atoms with E-state index < -0.39 is 48.7 Å². The second-order valence-corrected chi connectivity index (χ2v) is 15.5. The van der Waals surface area contributed by atoms with Gasteiger partial charge in [0.05, 0.1) is 5.92 Å². The third-order valence-corrected chi connectivity index (χ3v) is 13.0. The molecule has 1 spiro atoms. The Labute approximate surface area is 276 Å². The van der Waals surface area contributed by atoms with Gasteiger partial charge in [-0.3, -0.25) is 4.79 Å². The van der Waals surface area contributed by atoms with Gasteiger partial charge in [-0.05, 0) is 122 Å². The van der Waals surface area contributed by atoms with Crippen molar-refractivity contribution in [3.05, 3.63) is 29.3 Å². The molecule has 0 bridgehead atoms. The molecule has 1 aromatic rings.